The van der Waals surface area contributed by atoms with Gasteiger partial charge in [0.25, 0.3) is 0 Å². The molecule has 16 heavy (non-hydrogen) atoms. The third kappa shape index (κ3) is 3.15. The SMILES string of the molecule is COc1c(/C=N/O)cccc1OCC(C)C. The maximum atomic E-state index is 8.52. The molecular weight excluding hydrogens is 206 g/mol. The van der Waals surface area contributed by atoms with Crippen LogP contribution in [0, 0.1) is 5.92 Å². The first-order valence-corrected chi connectivity index (χ1v) is 5.16. The molecule has 0 fully saturated rings. The Bertz CT molecular complexity index is 361. The molecule has 0 aliphatic heterocycles. The molecule has 0 aliphatic carbocycles. The molecule has 4 nitrogen and oxygen atoms in total. The zero-order valence-electron chi connectivity index (χ0n) is 9.80. The highest BCUT2D eigenvalue weighted by Crippen LogP contribution is 2.30. The van der Waals surface area contributed by atoms with E-state index in [9.17, 15) is 0 Å². The highest BCUT2D eigenvalue weighted by molar-refractivity contribution is 5.84. The summed E-state index contributed by atoms with van der Waals surface area (Å²) in [4.78, 5) is 0. The van der Waals surface area contributed by atoms with Gasteiger partial charge >= 0.3 is 0 Å². The molecular formula is C12H17NO3. The number of rotatable bonds is 5. The molecule has 0 aliphatic rings. The summed E-state index contributed by atoms with van der Waals surface area (Å²) >= 11 is 0. The zero-order valence-corrected chi connectivity index (χ0v) is 9.80. The Kier molecular flexibility index (Phi) is 4.64. The molecule has 0 saturated carbocycles. The normalized spacial score (nSPS) is 11.0. The van der Waals surface area contributed by atoms with Crippen molar-refractivity contribution >= 4 is 6.21 Å². The number of oxime groups is 1. The van der Waals surface area contributed by atoms with Crippen LogP contribution >= 0.6 is 0 Å². The van der Waals surface area contributed by atoms with E-state index in [1.165, 1.54) is 6.21 Å². The summed E-state index contributed by atoms with van der Waals surface area (Å²) in [5.74, 6) is 1.69. The number of nitrogens with zero attached hydrogens (tertiary/aromatic N) is 1. The van der Waals surface area contributed by atoms with Crippen LogP contribution in [0.1, 0.15) is 19.4 Å². The Hall–Kier alpha value is -1.71. The third-order valence-electron chi connectivity index (χ3n) is 1.98. The van der Waals surface area contributed by atoms with Crippen LogP contribution < -0.4 is 9.47 Å². The lowest BCUT2D eigenvalue weighted by Crippen LogP contribution is -2.06. The number of methoxy groups -OCH3 is 1. The molecule has 1 N–H and O–H groups in total. The Morgan fingerprint density at radius 1 is 1.44 bits per heavy atom. The molecule has 0 spiro atoms. The molecule has 4 heteroatoms. The molecule has 1 aromatic rings. The first-order chi connectivity index (χ1) is 7.69. The summed E-state index contributed by atoms with van der Waals surface area (Å²) in [6.45, 7) is 4.77. The van der Waals surface area contributed by atoms with E-state index in [1.807, 2.05) is 12.1 Å². The second-order valence-corrected chi connectivity index (χ2v) is 3.83. The van der Waals surface area contributed by atoms with Crippen LogP contribution in [0.3, 0.4) is 0 Å². The van der Waals surface area contributed by atoms with Crippen molar-refractivity contribution < 1.29 is 14.7 Å². The summed E-state index contributed by atoms with van der Waals surface area (Å²) in [5.41, 5.74) is 0.686. The van der Waals surface area contributed by atoms with Crippen LogP contribution in [-0.4, -0.2) is 25.1 Å². The Morgan fingerprint density at radius 2 is 2.19 bits per heavy atom. The Labute approximate surface area is 95.5 Å². The zero-order chi connectivity index (χ0) is 12.0. The fourth-order valence-corrected chi connectivity index (χ4v) is 1.29. The first kappa shape index (κ1) is 12.4. The highest BCUT2D eigenvalue weighted by atomic mass is 16.5. The number of hydrogen-bond donors (Lipinski definition) is 1. The second-order valence-electron chi connectivity index (χ2n) is 3.83. The summed E-state index contributed by atoms with van der Waals surface area (Å²) in [6.07, 6.45) is 1.32. The molecule has 0 amide bonds. The lowest BCUT2D eigenvalue weighted by Gasteiger charge is -2.13. The minimum atomic E-state index is 0.444. The predicted octanol–water partition coefficient (Wildman–Crippen LogP) is 2.54. The van der Waals surface area contributed by atoms with Crippen molar-refractivity contribution in [2.24, 2.45) is 11.1 Å². The molecule has 0 bridgehead atoms. The molecule has 1 rings (SSSR count). The van der Waals surface area contributed by atoms with Gasteiger partial charge in [0.05, 0.1) is 19.9 Å². The summed E-state index contributed by atoms with van der Waals surface area (Å²) in [5, 5.41) is 11.5. The number of para-hydroxylation sites is 1. The van der Waals surface area contributed by atoms with E-state index in [2.05, 4.69) is 19.0 Å². The van der Waals surface area contributed by atoms with Crippen molar-refractivity contribution in [2.75, 3.05) is 13.7 Å². The molecule has 0 atom stereocenters. The summed E-state index contributed by atoms with van der Waals surface area (Å²) in [6, 6.07) is 5.45. The molecule has 0 radical (unpaired) electrons. The largest absolute Gasteiger partial charge is 0.492 e. The lowest BCUT2D eigenvalue weighted by atomic mass is 10.2. The quantitative estimate of drug-likeness (QED) is 0.474. The molecule has 0 heterocycles. The van der Waals surface area contributed by atoms with Crippen molar-refractivity contribution in [3.63, 3.8) is 0 Å². The maximum absolute atomic E-state index is 8.52. The topological polar surface area (TPSA) is 51.0 Å². The standard InChI is InChI=1S/C12H17NO3/c1-9(2)8-16-11-6-4-5-10(7-13-14)12(11)15-3/h4-7,9,14H,8H2,1-3H3/b13-7+. The van der Waals surface area contributed by atoms with Gasteiger partial charge in [-0.05, 0) is 18.1 Å². The van der Waals surface area contributed by atoms with Gasteiger partial charge in [-0.1, -0.05) is 25.1 Å². The molecule has 0 unspecified atom stereocenters. The van der Waals surface area contributed by atoms with Gasteiger partial charge in [0.1, 0.15) is 0 Å². The van der Waals surface area contributed by atoms with Crippen LogP contribution in [-0.2, 0) is 0 Å². The minimum absolute atomic E-state index is 0.444. The monoisotopic (exact) mass is 223 g/mol. The van der Waals surface area contributed by atoms with Crippen molar-refractivity contribution in [3.8, 4) is 11.5 Å². The summed E-state index contributed by atoms with van der Waals surface area (Å²) in [7, 11) is 1.56. The van der Waals surface area contributed by atoms with E-state index in [0.29, 0.717) is 29.6 Å². The van der Waals surface area contributed by atoms with Gasteiger partial charge in [0.2, 0.25) is 0 Å². The molecule has 0 saturated heterocycles. The predicted molar refractivity (Wildman–Crippen MR) is 62.7 cm³/mol. The van der Waals surface area contributed by atoms with Gasteiger partial charge in [-0.25, -0.2) is 0 Å². The fourth-order valence-electron chi connectivity index (χ4n) is 1.29. The van der Waals surface area contributed by atoms with E-state index in [0.717, 1.165) is 0 Å². The van der Waals surface area contributed by atoms with Crippen LogP contribution in [0.4, 0.5) is 0 Å². The van der Waals surface area contributed by atoms with E-state index >= 15 is 0 Å². The van der Waals surface area contributed by atoms with Gasteiger partial charge < -0.3 is 14.7 Å². The van der Waals surface area contributed by atoms with Gasteiger partial charge in [-0.2, -0.15) is 0 Å². The minimum Gasteiger partial charge on any atom is -0.492 e. The fraction of sp³-hybridized carbons (Fsp3) is 0.417. The van der Waals surface area contributed by atoms with Crippen LogP contribution in [0.2, 0.25) is 0 Å². The smallest absolute Gasteiger partial charge is 0.169 e. The summed E-state index contributed by atoms with van der Waals surface area (Å²) < 4.78 is 10.8. The number of ether oxygens (including phenoxy) is 2. The van der Waals surface area contributed by atoms with Crippen LogP contribution in [0.15, 0.2) is 23.4 Å². The molecule has 0 aromatic heterocycles. The van der Waals surface area contributed by atoms with E-state index < -0.39 is 0 Å². The van der Waals surface area contributed by atoms with E-state index in [4.69, 9.17) is 14.7 Å². The van der Waals surface area contributed by atoms with Gasteiger partial charge in [-0.15, -0.1) is 0 Å². The Morgan fingerprint density at radius 3 is 2.75 bits per heavy atom. The average Bonchev–Trinajstić information content (AvgIpc) is 2.27. The third-order valence-corrected chi connectivity index (χ3v) is 1.98. The van der Waals surface area contributed by atoms with Gasteiger partial charge in [0.15, 0.2) is 11.5 Å². The van der Waals surface area contributed by atoms with Gasteiger partial charge in [-0.3, -0.25) is 0 Å². The van der Waals surface area contributed by atoms with E-state index in [1.54, 1.807) is 13.2 Å². The number of hydrogen-bond acceptors (Lipinski definition) is 4. The maximum Gasteiger partial charge on any atom is 0.169 e. The van der Waals surface area contributed by atoms with Crippen LogP contribution in [0.25, 0.3) is 0 Å². The first-order valence-electron chi connectivity index (χ1n) is 5.16. The number of benzene rings is 1. The highest BCUT2D eigenvalue weighted by Gasteiger charge is 2.09. The Balaban J connectivity index is 2.94. The lowest BCUT2D eigenvalue weighted by molar-refractivity contribution is 0.256. The molecule has 1 aromatic carbocycles. The van der Waals surface area contributed by atoms with Crippen molar-refractivity contribution in [1.29, 1.82) is 0 Å². The van der Waals surface area contributed by atoms with E-state index in [-0.39, 0.29) is 0 Å². The second kappa shape index (κ2) is 6.00. The van der Waals surface area contributed by atoms with Crippen LogP contribution in [0.5, 0.6) is 11.5 Å². The van der Waals surface area contributed by atoms with Crippen molar-refractivity contribution in [2.45, 2.75) is 13.8 Å². The molecule has 88 valence electrons. The average molecular weight is 223 g/mol. The van der Waals surface area contributed by atoms with Crippen molar-refractivity contribution in [1.82, 2.24) is 0 Å². The van der Waals surface area contributed by atoms with Gasteiger partial charge in [0, 0.05) is 5.56 Å². The van der Waals surface area contributed by atoms with Crippen molar-refractivity contribution in [3.05, 3.63) is 23.8 Å².